The molecule has 0 aromatic heterocycles. The maximum absolute atomic E-state index is 3.64. The molecule has 0 N–H and O–H groups in total. The predicted octanol–water partition coefficient (Wildman–Crippen LogP) is 7.59. The number of hydrogen-bond acceptors (Lipinski definition) is 1. The first-order chi connectivity index (χ1) is 12.8. The Bertz CT molecular complexity index is 943. The summed E-state index contributed by atoms with van der Waals surface area (Å²) in [7, 11) is 0. The van der Waals surface area contributed by atoms with Crippen LogP contribution in [0.3, 0.4) is 0 Å². The van der Waals surface area contributed by atoms with Crippen molar-refractivity contribution in [1.29, 1.82) is 0 Å². The van der Waals surface area contributed by atoms with Crippen molar-refractivity contribution >= 4 is 33.0 Å². The molecule has 0 spiro atoms. The Balaban J connectivity index is 1.95. The molecule has 0 atom stereocenters. The standard InChI is InChI=1S/C24H18BrN/c25-20-16-17-24(23(18-20)19-10-4-1-5-11-19)26(21-12-6-2-7-13-21)22-14-8-3-9-15-22/h1-18H. The molecule has 0 saturated heterocycles. The minimum atomic E-state index is 1.07. The molecule has 0 aliphatic heterocycles. The van der Waals surface area contributed by atoms with Crippen LogP contribution in [0.2, 0.25) is 0 Å². The van der Waals surface area contributed by atoms with E-state index in [2.05, 4.69) is 112 Å². The Morgan fingerprint density at radius 3 is 1.58 bits per heavy atom. The lowest BCUT2D eigenvalue weighted by Crippen LogP contribution is -2.11. The molecule has 0 heterocycles. The first-order valence-corrected chi connectivity index (χ1v) is 9.37. The number of anilines is 3. The van der Waals surface area contributed by atoms with E-state index in [0.29, 0.717) is 0 Å². The molecule has 4 aromatic rings. The Morgan fingerprint density at radius 2 is 1.04 bits per heavy atom. The molecule has 0 radical (unpaired) electrons. The summed E-state index contributed by atoms with van der Waals surface area (Å²) in [6, 6.07) is 37.9. The molecule has 0 amide bonds. The zero-order valence-electron chi connectivity index (χ0n) is 14.2. The van der Waals surface area contributed by atoms with Gasteiger partial charge in [-0.05, 0) is 48.0 Å². The van der Waals surface area contributed by atoms with Crippen LogP contribution in [0.15, 0.2) is 114 Å². The number of hydrogen-bond donors (Lipinski definition) is 0. The van der Waals surface area contributed by atoms with Crippen molar-refractivity contribution in [2.45, 2.75) is 0 Å². The summed E-state index contributed by atoms with van der Waals surface area (Å²) in [5, 5.41) is 0. The second-order valence-corrected chi connectivity index (χ2v) is 6.95. The molecule has 126 valence electrons. The molecule has 26 heavy (non-hydrogen) atoms. The summed E-state index contributed by atoms with van der Waals surface area (Å²) < 4.78 is 1.07. The van der Waals surface area contributed by atoms with E-state index >= 15 is 0 Å². The molecular weight excluding hydrogens is 382 g/mol. The van der Waals surface area contributed by atoms with Crippen molar-refractivity contribution < 1.29 is 0 Å². The molecular formula is C24H18BrN. The fourth-order valence-corrected chi connectivity index (χ4v) is 3.49. The van der Waals surface area contributed by atoms with Crippen molar-refractivity contribution in [2.24, 2.45) is 0 Å². The fourth-order valence-electron chi connectivity index (χ4n) is 3.13. The normalized spacial score (nSPS) is 10.5. The minimum absolute atomic E-state index is 1.07. The molecule has 0 bridgehead atoms. The molecule has 4 rings (SSSR count). The largest absolute Gasteiger partial charge is 0.310 e. The van der Waals surface area contributed by atoms with Gasteiger partial charge in [0.15, 0.2) is 0 Å². The number of nitrogens with zero attached hydrogens (tertiary/aromatic N) is 1. The second kappa shape index (κ2) is 7.59. The lowest BCUT2D eigenvalue weighted by Gasteiger charge is -2.28. The third-order valence-electron chi connectivity index (χ3n) is 4.31. The number of rotatable bonds is 4. The Kier molecular flexibility index (Phi) is 4.85. The Morgan fingerprint density at radius 1 is 0.538 bits per heavy atom. The monoisotopic (exact) mass is 399 g/mol. The number of halogens is 1. The van der Waals surface area contributed by atoms with Crippen LogP contribution in [-0.4, -0.2) is 0 Å². The van der Waals surface area contributed by atoms with Crippen LogP contribution in [0.1, 0.15) is 0 Å². The van der Waals surface area contributed by atoms with Gasteiger partial charge in [0, 0.05) is 21.4 Å². The highest BCUT2D eigenvalue weighted by Crippen LogP contribution is 2.41. The number of benzene rings is 4. The summed E-state index contributed by atoms with van der Waals surface area (Å²) in [4.78, 5) is 2.30. The van der Waals surface area contributed by atoms with Crippen molar-refractivity contribution in [1.82, 2.24) is 0 Å². The van der Waals surface area contributed by atoms with E-state index in [9.17, 15) is 0 Å². The van der Waals surface area contributed by atoms with Crippen LogP contribution in [0.5, 0.6) is 0 Å². The van der Waals surface area contributed by atoms with Gasteiger partial charge in [-0.1, -0.05) is 82.7 Å². The highest BCUT2D eigenvalue weighted by molar-refractivity contribution is 9.10. The van der Waals surface area contributed by atoms with E-state index in [-0.39, 0.29) is 0 Å². The van der Waals surface area contributed by atoms with E-state index in [4.69, 9.17) is 0 Å². The van der Waals surface area contributed by atoms with Gasteiger partial charge in [0.1, 0.15) is 0 Å². The Hall–Kier alpha value is -2.84. The topological polar surface area (TPSA) is 3.24 Å². The highest BCUT2D eigenvalue weighted by Gasteiger charge is 2.16. The van der Waals surface area contributed by atoms with Crippen LogP contribution in [-0.2, 0) is 0 Å². The van der Waals surface area contributed by atoms with Gasteiger partial charge in [-0.2, -0.15) is 0 Å². The SMILES string of the molecule is Brc1ccc(N(c2ccccc2)c2ccccc2)c(-c2ccccc2)c1. The van der Waals surface area contributed by atoms with E-state index in [1.165, 1.54) is 11.1 Å². The molecule has 4 aromatic carbocycles. The summed E-state index contributed by atoms with van der Waals surface area (Å²) in [6.07, 6.45) is 0. The van der Waals surface area contributed by atoms with Crippen LogP contribution in [0.4, 0.5) is 17.1 Å². The van der Waals surface area contributed by atoms with Gasteiger partial charge in [0.2, 0.25) is 0 Å². The average Bonchev–Trinajstić information content (AvgIpc) is 2.71. The first-order valence-electron chi connectivity index (χ1n) is 8.58. The van der Waals surface area contributed by atoms with E-state index < -0.39 is 0 Å². The highest BCUT2D eigenvalue weighted by atomic mass is 79.9. The molecule has 0 aliphatic carbocycles. The summed E-state index contributed by atoms with van der Waals surface area (Å²) in [6.45, 7) is 0. The maximum Gasteiger partial charge on any atom is 0.0540 e. The molecule has 0 unspecified atom stereocenters. The van der Waals surface area contributed by atoms with Gasteiger partial charge >= 0.3 is 0 Å². The van der Waals surface area contributed by atoms with Crippen LogP contribution >= 0.6 is 15.9 Å². The van der Waals surface area contributed by atoms with Gasteiger partial charge in [-0.15, -0.1) is 0 Å². The van der Waals surface area contributed by atoms with Gasteiger partial charge in [-0.25, -0.2) is 0 Å². The van der Waals surface area contributed by atoms with Gasteiger partial charge in [0.25, 0.3) is 0 Å². The van der Waals surface area contributed by atoms with E-state index in [1.54, 1.807) is 0 Å². The van der Waals surface area contributed by atoms with Crippen LogP contribution in [0.25, 0.3) is 11.1 Å². The van der Waals surface area contributed by atoms with Gasteiger partial charge in [0.05, 0.1) is 5.69 Å². The third kappa shape index (κ3) is 3.42. The molecule has 0 fully saturated rings. The third-order valence-corrected chi connectivity index (χ3v) is 4.81. The van der Waals surface area contributed by atoms with Crippen molar-refractivity contribution in [3.63, 3.8) is 0 Å². The molecule has 2 heteroatoms. The second-order valence-electron chi connectivity index (χ2n) is 6.03. The zero-order chi connectivity index (χ0) is 17.8. The lowest BCUT2D eigenvalue weighted by molar-refractivity contribution is 1.28. The van der Waals surface area contributed by atoms with E-state index in [0.717, 1.165) is 21.5 Å². The van der Waals surface area contributed by atoms with Crippen molar-refractivity contribution in [3.8, 4) is 11.1 Å². The minimum Gasteiger partial charge on any atom is -0.310 e. The number of para-hydroxylation sites is 2. The summed E-state index contributed by atoms with van der Waals surface area (Å²) >= 11 is 3.64. The average molecular weight is 400 g/mol. The molecule has 0 aliphatic rings. The summed E-state index contributed by atoms with van der Waals surface area (Å²) in [5.41, 5.74) is 5.81. The quantitative estimate of drug-likeness (QED) is 0.341. The molecule has 1 nitrogen and oxygen atoms in total. The maximum atomic E-state index is 3.64. The predicted molar refractivity (Wildman–Crippen MR) is 114 cm³/mol. The lowest BCUT2D eigenvalue weighted by atomic mass is 10.0. The summed E-state index contributed by atoms with van der Waals surface area (Å²) in [5.74, 6) is 0. The van der Waals surface area contributed by atoms with Gasteiger partial charge < -0.3 is 4.90 Å². The van der Waals surface area contributed by atoms with E-state index in [1.807, 2.05) is 18.2 Å². The van der Waals surface area contributed by atoms with Crippen LogP contribution in [0, 0.1) is 0 Å². The zero-order valence-corrected chi connectivity index (χ0v) is 15.8. The molecule has 0 saturated carbocycles. The van der Waals surface area contributed by atoms with Crippen molar-refractivity contribution in [3.05, 3.63) is 114 Å². The van der Waals surface area contributed by atoms with Gasteiger partial charge in [-0.3, -0.25) is 0 Å². The Labute approximate surface area is 162 Å². The fraction of sp³-hybridized carbons (Fsp3) is 0. The smallest absolute Gasteiger partial charge is 0.0540 e. The first kappa shape index (κ1) is 16.6. The van der Waals surface area contributed by atoms with Crippen molar-refractivity contribution in [2.75, 3.05) is 4.90 Å². The van der Waals surface area contributed by atoms with Crippen LogP contribution < -0.4 is 4.90 Å².